The Balaban J connectivity index is 0.987. The summed E-state index contributed by atoms with van der Waals surface area (Å²) in [6, 6.07) is 75.3. The van der Waals surface area contributed by atoms with Crippen molar-refractivity contribution in [3.05, 3.63) is 223 Å². The summed E-state index contributed by atoms with van der Waals surface area (Å²) in [5, 5.41) is 4.78. The second-order valence-corrected chi connectivity index (χ2v) is 15.3. The third kappa shape index (κ3) is 5.04. The van der Waals surface area contributed by atoms with E-state index in [0.29, 0.717) is 0 Å². The standard InChI is InChI=1S/C55H35NO/c1-2-12-35(13-3-1)36-14-10-16-41(30-36)55-49-21-5-4-18-43(49)44-27-24-38(32-50(44)55)39-25-28-46-45-19-6-8-22-51(45)56(52(46)33-39)42-17-11-15-37(31-42)40-26-29-48-47-20-7-9-23-53(47)57-54(48)34-40/h1-34,55H. The van der Waals surface area contributed by atoms with Crippen LogP contribution in [0.5, 0.6) is 0 Å². The molecule has 1 aliphatic rings. The molecule has 1 unspecified atom stereocenters. The molecule has 0 saturated carbocycles. The SMILES string of the molecule is c1ccc(-c2cccc(C3c4ccccc4-c4ccc(-c5ccc6c7ccccc7n(-c7cccc(-c8ccc9c(c8)oc8ccccc89)c7)c6c5)cc43)c2)cc1. The van der Waals surface area contributed by atoms with Gasteiger partial charge in [-0.05, 0) is 110 Å². The third-order valence-corrected chi connectivity index (χ3v) is 12.1. The molecule has 0 N–H and O–H groups in total. The van der Waals surface area contributed by atoms with Crippen molar-refractivity contribution in [1.29, 1.82) is 0 Å². The highest BCUT2D eigenvalue weighted by Gasteiger charge is 2.30. The summed E-state index contributed by atoms with van der Waals surface area (Å²) in [6.45, 7) is 0. The molecule has 0 saturated heterocycles. The molecule has 0 amide bonds. The van der Waals surface area contributed by atoms with Crippen molar-refractivity contribution in [2.45, 2.75) is 5.92 Å². The van der Waals surface area contributed by atoms with Gasteiger partial charge in [0.05, 0.1) is 11.0 Å². The van der Waals surface area contributed by atoms with E-state index in [9.17, 15) is 0 Å². The Hall–Kier alpha value is -7.42. The van der Waals surface area contributed by atoms with E-state index < -0.39 is 0 Å². The number of benzene rings is 9. The van der Waals surface area contributed by atoms with Crippen LogP contribution in [0.25, 0.3) is 93.9 Å². The van der Waals surface area contributed by atoms with Crippen LogP contribution in [0.1, 0.15) is 22.6 Å². The van der Waals surface area contributed by atoms with Gasteiger partial charge in [0, 0.05) is 33.2 Å². The van der Waals surface area contributed by atoms with Gasteiger partial charge in [-0.2, -0.15) is 0 Å². The van der Waals surface area contributed by atoms with Gasteiger partial charge in [-0.1, -0.05) is 158 Å². The van der Waals surface area contributed by atoms with Gasteiger partial charge in [-0.3, -0.25) is 0 Å². The Morgan fingerprint density at radius 3 is 1.86 bits per heavy atom. The van der Waals surface area contributed by atoms with Crippen LogP contribution in [-0.4, -0.2) is 4.57 Å². The number of rotatable bonds is 5. The van der Waals surface area contributed by atoms with Crippen molar-refractivity contribution in [3.63, 3.8) is 0 Å². The predicted octanol–water partition coefficient (Wildman–Crippen LogP) is 14.8. The molecule has 9 aromatic carbocycles. The normalized spacial score (nSPS) is 13.4. The lowest BCUT2D eigenvalue weighted by Crippen LogP contribution is -2.00. The highest BCUT2D eigenvalue weighted by atomic mass is 16.3. The molecule has 0 radical (unpaired) electrons. The molecule has 0 bridgehead atoms. The van der Waals surface area contributed by atoms with Crippen molar-refractivity contribution < 1.29 is 4.42 Å². The van der Waals surface area contributed by atoms with Gasteiger partial charge in [0.25, 0.3) is 0 Å². The van der Waals surface area contributed by atoms with E-state index in [1.165, 1.54) is 71.9 Å². The smallest absolute Gasteiger partial charge is 0.136 e. The van der Waals surface area contributed by atoms with Gasteiger partial charge in [0.1, 0.15) is 11.2 Å². The van der Waals surface area contributed by atoms with Gasteiger partial charge < -0.3 is 8.98 Å². The molecule has 11 aromatic rings. The highest BCUT2D eigenvalue weighted by molar-refractivity contribution is 6.10. The number of fused-ring (bicyclic) bond motifs is 9. The summed E-state index contributed by atoms with van der Waals surface area (Å²) in [7, 11) is 0. The molecule has 12 rings (SSSR count). The van der Waals surface area contributed by atoms with E-state index in [0.717, 1.165) is 38.8 Å². The fraction of sp³-hybridized carbons (Fsp3) is 0.0182. The van der Waals surface area contributed by atoms with E-state index in [1.807, 2.05) is 12.1 Å². The zero-order valence-corrected chi connectivity index (χ0v) is 31.1. The zero-order chi connectivity index (χ0) is 37.5. The van der Waals surface area contributed by atoms with E-state index in [1.54, 1.807) is 0 Å². The zero-order valence-electron chi connectivity index (χ0n) is 31.1. The molecule has 2 heteroatoms. The molecular weight excluding hydrogens is 691 g/mol. The number of hydrogen-bond donors (Lipinski definition) is 0. The van der Waals surface area contributed by atoms with Crippen LogP contribution >= 0.6 is 0 Å². The predicted molar refractivity (Wildman–Crippen MR) is 237 cm³/mol. The molecular formula is C55H35NO. The molecule has 2 aromatic heterocycles. The van der Waals surface area contributed by atoms with Crippen molar-refractivity contribution in [1.82, 2.24) is 4.57 Å². The van der Waals surface area contributed by atoms with Gasteiger partial charge in [0.2, 0.25) is 0 Å². The molecule has 266 valence electrons. The minimum absolute atomic E-state index is 0.150. The lowest BCUT2D eigenvalue weighted by atomic mass is 9.86. The lowest BCUT2D eigenvalue weighted by Gasteiger charge is -2.17. The van der Waals surface area contributed by atoms with E-state index >= 15 is 0 Å². The van der Waals surface area contributed by atoms with E-state index in [2.05, 4.69) is 199 Å². The third-order valence-electron chi connectivity index (χ3n) is 12.1. The van der Waals surface area contributed by atoms with Crippen LogP contribution in [0.15, 0.2) is 211 Å². The monoisotopic (exact) mass is 725 g/mol. The van der Waals surface area contributed by atoms with Gasteiger partial charge in [-0.25, -0.2) is 0 Å². The lowest BCUT2D eigenvalue weighted by molar-refractivity contribution is 0.669. The first-order chi connectivity index (χ1) is 28.2. The van der Waals surface area contributed by atoms with Crippen molar-refractivity contribution in [2.24, 2.45) is 0 Å². The van der Waals surface area contributed by atoms with Crippen LogP contribution in [0.2, 0.25) is 0 Å². The molecule has 1 aliphatic carbocycles. The molecule has 57 heavy (non-hydrogen) atoms. The fourth-order valence-electron chi connectivity index (χ4n) is 9.43. The first-order valence-corrected chi connectivity index (χ1v) is 19.7. The molecule has 0 aliphatic heterocycles. The van der Waals surface area contributed by atoms with Crippen LogP contribution < -0.4 is 0 Å². The second-order valence-electron chi connectivity index (χ2n) is 15.3. The maximum absolute atomic E-state index is 6.28. The Morgan fingerprint density at radius 2 is 0.947 bits per heavy atom. The summed E-state index contributed by atoms with van der Waals surface area (Å²) >= 11 is 0. The van der Waals surface area contributed by atoms with Gasteiger partial charge in [-0.15, -0.1) is 0 Å². The van der Waals surface area contributed by atoms with Crippen molar-refractivity contribution >= 4 is 43.7 Å². The average Bonchev–Trinajstić information content (AvgIpc) is 3.93. The largest absolute Gasteiger partial charge is 0.456 e. The summed E-state index contributed by atoms with van der Waals surface area (Å²) < 4.78 is 8.71. The first-order valence-electron chi connectivity index (χ1n) is 19.7. The van der Waals surface area contributed by atoms with E-state index in [-0.39, 0.29) is 5.92 Å². The molecule has 2 heterocycles. The Kier molecular flexibility index (Phi) is 7.02. The molecule has 0 fully saturated rings. The molecule has 0 spiro atoms. The maximum atomic E-state index is 6.28. The highest BCUT2D eigenvalue weighted by Crippen LogP contribution is 2.50. The summed E-state index contributed by atoms with van der Waals surface area (Å²) in [4.78, 5) is 0. The summed E-state index contributed by atoms with van der Waals surface area (Å²) in [6.07, 6.45) is 0. The van der Waals surface area contributed by atoms with Gasteiger partial charge >= 0.3 is 0 Å². The minimum Gasteiger partial charge on any atom is -0.456 e. The van der Waals surface area contributed by atoms with Crippen LogP contribution in [0.3, 0.4) is 0 Å². The number of nitrogens with zero attached hydrogens (tertiary/aromatic N) is 1. The van der Waals surface area contributed by atoms with Crippen LogP contribution in [0.4, 0.5) is 0 Å². The topological polar surface area (TPSA) is 18.1 Å². The molecule has 2 nitrogen and oxygen atoms in total. The fourth-order valence-corrected chi connectivity index (χ4v) is 9.43. The molecule has 1 atom stereocenters. The number of aromatic nitrogens is 1. The van der Waals surface area contributed by atoms with E-state index in [4.69, 9.17) is 4.42 Å². The van der Waals surface area contributed by atoms with Crippen LogP contribution in [0, 0.1) is 0 Å². The minimum atomic E-state index is 0.150. The summed E-state index contributed by atoms with van der Waals surface area (Å²) in [5.41, 5.74) is 19.2. The Bertz CT molecular complexity index is 3360. The van der Waals surface area contributed by atoms with Crippen molar-refractivity contribution in [2.75, 3.05) is 0 Å². The number of para-hydroxylation sites is 2. The average molecular weight is 726 g/mol. The Morgan fingerprint density at radius 1 is 0.333 bits per heavy atom. The number of hydrogen-bond acceptors (Lipinski definition) is 1. The quantitative estimate of drug-likeness (QED) is 0.173. The second kappa shape index (κ2) is 12.6. The first kappa shape index (κ1) is 31.9. The van der Waals surface area contributed by atoms with Crippen molar-refractivity contribution in [3.8, 4) is 50.2 Å². The Labute approximate surface area is 330 Å². The van der Waals surface area contributed by atoms with Gasteiger partial charge in [0.15, 0.2) is 0 Å². The summed E-state index contributed by atoms with van der Waals surface area (Å²) in [5.74, 6) is 0.150. The number of furan rings is 1. The maximum Gasteiger partial charge on any atom is 0.136 e. The van der Waals surface area contributed by atoms with Crippen LogP contribution in [-0.2, 0) is 0 Å².